The molecule has 0 spiro atoms. The summed E-state index contributed by atoms with van der Waals surface area (Å²) in [5.41, 5.74) is 2.71. The van der Waals surface area contributed by atoms with E-state index in [0.29, 0.717) is 12.1 Å². The number of aliphatic imine (C=N–C) groups is 1. The van der Waals surface area contributed by atoms with Crippen LogP contribution in [0.25, 0.3) is 0 Å². The van der Waals surface area contributed by atoms with Crippen molar-refractivity contribution in [3.63, 3.8) is 0 Å². The number of nitrogens with zero attached hydrogens (tertiary/aromatic N) is 2. The molecule has 1 N–H and O–H groups in total. The second-order valence-electron chi connectivity index (χ2n) is 6.38. The van der Waals surface area contributed by atoms with Gasteiger partial charge in [0.05, 0.1) is 18.6 Å². The molecule has 0 bridgehead atoms. The monoisotopic (exact) mass is 271 g/mol. The summed E-state index contributed by atoms with van der Waals surface area (Å²) < 4.78 is 0. The van der Waals surface area contributed by atoms with E-state index >= 15 is 0 Å². The van der Waals surface area contributed by atoms with Gasteiger partial charge < -0.3 is 10.2 Å². The lowest BCUT2D eigenvalue weighted by Gasteiger charge is -2.36. The van der Waals surface area contributed by atoms with Crippen LogP contribution >= 0.6 is 0 Å². The Hall–Kier alpha value is -1.51. The number of nitrogens with one attached hydrogen (secondary N) is 1. The Morgan fingerprint density at radius 2 is 2.10 bits per heavy atom. The van der Waals surface area contributed by atoms with Gasteiger partial charge in [0.15, 0.2) is 5.96 Å². The highest BCUT2D eigenvalue weighted by Crippen LogP contribution is 2.26. The first-order valence-electron chi connectivity index (χ1n) is 7.78. The van der Waals surface area contributed by atoms with Crippen LogP contribution in [-0.4, -0.2) is 30.0 Å². The first-order chi connectivity index (χ1) is 9.65. The quantitative estimate of drug-likeness (QED) is 0.895. The lowest BCUT2D eigenvalue weighted by molar-refractivity contribution is 0.210. The summed E-state index contributed by atoms with van der Waals surface area (Å²) in [6, 6.07) is 9.54. The zero-order valence-electron chi connectivity index (χ0n) is 12.8. The summed E-state index contributed by atoms with van der Waals surface area (Å²) in [5, 5.41) is 3.63. The molecule has 2 aliphatic rings. The Kier molecular flexibility index (Phi) is 3.68. The predicted molar refractivity (Wildman–Crippen MR) is 83.9 cm³/mol. The van der Waals surface area contributed by atoms with Gasteiger partial charge in [0.1, 0.15) is 0 Å². The average molecular weight is 271 g/mol. The highest BCUT2D eigenvalue weighted by atomic mass is 15.4. The van der Waals surface area contributed by atoms with Gasteiger partial charge in [-0.1, -0.05) is 31.2 Å². The van der Waals surface area contributed by atoms with E-state index in [9.17, 15) is 0 Å². The van der Waals surface area contributed by atoms with Crippen molar-refractivity contribution in [1.82, 2.24) is 10.2 Å². The molecular formula is C17H25N3. The van der Waals surface area contributed by atoms with Crippen LogP contribution in [0.1, 0.15) is 43.9 Å². The van der Waals surface area contributed by atoms with E-state index in [1.807, 2.05) is 0 Å². The molecule has 3 rings (SSSR count). The normalized spacial score (nSPS) is 26.9. The fourth-order valence-corrected chi connectivity index (χ4v) is 3.41. The van der Waals surface area contributed by atoms with Gasteiger partial charge in [-0.3, -0.25) is 4.99 Å². The zero-order chi connectivity index (χ0) is 14.1. The standard InChI is InChI=1S/C17H25N3/c1-12-8-9-15-10-18-17(20(15)11-12)19-14(3)16-7-5-4-6-13(16)2/h4-7,12,14-15H,8-11H2,1-3H3,(H,18,19)/t12?,14-,15?/m1/s1. The SMILES string of the molecule is Cc1ccccc1[C@@H](C)NC1=NCC2CCC(C)CN12. The molecule has 2 aliphatic heterocycles. The number of aryl methyl sites for hydroxylation is 1. The fraction of sp³-hybridized carbons (Fsp3) is 0.588. The highest BCUT2D eigenvalue weighted by Gasteiger charge is 2.33. The molecule has 1 aromatic carbocycles. The van der Waals surface area contributed by atoms with Gasteiger partial charge in [0, 0.05) is 6.54 Å². The minimum absolute atomic E-state index is 0.311. The van der Waals surface area contributed by atoms with E-state index < -0.39 is 0 Å². The summed E-state index contributed by atoms with van der Waals surface area (Å²) in [4.78, 5) is 7.23. The Balaban J connectivity index is 1.70. The minimum atomic E-state index is 0.311. The smallest absolute Gasteiger partial charge is 0.194 e. The van der Waals surface area contributed by atoms with Crippen molar-refractivity contribution in [2.45, 2.75) is 45.7 Å². The molecule has 3 atom stereocenters. The van der Waals surface area contributed by atoms with E-state index in [1.54, 1.807) is 0 Å². The summed E-state index contributed by atoms with van der Waals surface area (Å²) >= 11 is 0. The molecule has 0 amide bonds. The van der Waals surface area contributed by atoms with Crippen LogP contribution in [0.2, 0.25) is 0 Å². The Morgan fingerprint density at radius 3 is 2.90 bits per heavy atom. The Morgan fingerprint density at radius 1 is 1.30 bits per heavy atom. The van der Waals surface area contributed by atoms with Crippen molar-refractivity contribution in [3.8, 4) is 0 Å². The van der Waals surface area contributed by atoms with Crippen LogP contribution in [0.15, 0.2) is 29.3 Å². The van der Waals surface area contributed by atoms with Crippen LogP contribution < -0.4 is 5.32 Å². The van der Waals surface area contributed by atoms with Crippen molar-refractivity contribution in [2.24, 2.45) is 10.9 Å². The van der Waals surface area contributed by atoms with Gasteiger partial charge in [-0.2, -0.15) is 0 Å². The first-order valence-corrected chi connectivity index (χ1v) is 7.78. The number of benzene rings is 1. The van der Waals surface area contributed by atoms with Crippen molar-refractivity contribution >= 4 is 5.96 Å². The minimum Gasteiger partial charge on any atom is -0.350 e. The second kappa shape index (κ2) is 5.47. The summed E-state index contributed by atoms with van der Waals surface area (Å²) in [6.07, 6.45) is 2.63. The van der Waals surface area contributed by atoms with E-state index in [-0.39, 0.29) is 0 Å². The molecule has 2 unspecified atom stereocenters. The third-order valence-electron chi connectivity index (χ3n) is 4.67. The number of hydrogen-bond donors (Lipinski definition) is 1. The number of fused-ring (bicyclic) bond motifs is 1. The summed E-state index contributed by atoms with van der Waals surface area (Å²) in [5.74, 6) is 1.89. The third-order valence-corrected chi connectivity index (χ3v) is 4.67. The van der Waals surface area contributed by atoms with E-state index in [2.05, 4.69) is 55.3 Å². The second-order valence-corrected chi connectivity index (χ2v) is 6.38. The van der Waals surface area contributed by atoms with Crippen molar-refractivity contribution in [1.29, 1.82) is 0 Å². The van der Waals surface area contributed by atoms with Crippen molar-refractivity contribution in [3.05, 3.63) is 35.4 Å². The van der Waals surface area contributed by atoms with Crippen LogP contribution in [0.3, 0.4) is 0 Å². The molecule has 108 valence electrons. The maximum absolute atomic E-state index is 4.74. The van der Waals surface area contributed by atoms with Gasteiger partial charge in [-0.25, -0.2) is 0 Å². The predicted octanol–water partition coefficient (Wildman–Crippen LogP) is 3.12. The molecule has 3 heteroatoms. The molecule has 3 nitrogen and oxygen atoms in total. The molecule has 0 radical (unpaired) electrons. The van der Waals surface area contributed by atoms with Crippen molar-refractivity contribution in [2.75, 3.05) is 13.1 Å². The van der Waals surface area contributed by atoms with Crippen LogP contribution in [0, 0.1) is 12.8 Å². The molecule has 1 fully saturated rings. The zero-order valence-corrected chi connectivity index (χ0v) is 12.8. The Labute approximate surface area is 122 Å². The van der Waals surface area contributed by atoms with E-state index in [1.165, 1.54) is 24.0 Å². The van der Waals surface area contributed by atoms with Gasteiger partial charge in [0.2, 0.25) is 0 Å². The van der Waals surface area contributed by atoms with Gasteiger partial charge >= 0.3 is 0 Å². The van der Waals surface area contributed by atoms with Crippen LogP contribution in [0.5, 0.6) is 0 Å². The largest absolute Gasteiger partial charge is 0.350 e. The lowest BCUT2D eigenvalue weighted by Crippen LogP contribution is -2.48. The average Bonchev–Trinajstić information content (AvgIpc) is 2.82. The van der Waals surface area contributed by atoms with Gasteiger partial charge in [-0.15, -0.1) is 0 Å². The van der Waals surface area contributed by atoms with Crippen LogP contribution in [-0.2, 0) is 0 Å². The number of hydrogen-bond acceptors (Lipinski definition) is 3. The fourth-order valence-electron chi connectivity index (χ4n) is 3.41. The molecule has 20 heavy (non-hydrogen) atoms. The first kappa shape index (κ1) is 13.5. The van der Waals surface area contributed by atoms with E-state index in [4.69, 9.17) is 4.99 Å². The lowest BCUT2D eigenvalue weighted by atomic mass is 9.95. The number of guanidine groups is 1. The molecule has 0 aromatic heterocycles. The van der Waals surface area contributed by atoms with Crippen LogP contribution in [0.4, 0.5) is 0 Å². The molecule has 2 heterocycles. The molecule has 0 aliphatic carbocycles. The molecule has 1 aromatic rings. The molecule has 1 saturated heterocycles. The van der Waals surface area contributed by atoms with Gasteiger partial charge in [0.25, 0.3) is 0 Å². The molecule has 0 saturated carbocycles. The van der Waals surface area contributed by atoms with Gasteiger partial charge in [-0.05, 0) is 43.7 Å². The maximum Gasteiger partial charge on any atom is 0.194 e. The summed E-state index contributed by atoms with van der Waals surface area (Å²) in [7, 11) is 0. The van der Waals surface area contributed by atoms with Crippen molar-refractivity contribution < 1.29 is 0 Å². The topological polar surface area (TPSA) is 27.6 Å². The number of piperidine rings is 1. The van der Waals surface area contributed by atoms with E-state index in [0.717, 1.165) is 25.0 Å². The molecular weight excluding hydrogens is 246 g/mol. The third kappa shape index (κ3) is 2.54. The highest BCUT2D eigenvalue weighted by molar-refractivity contribution is 5.82. The Bertz CT molecular complexity index is 509. The maximum atomic E-state index is 4.74. The number of rotatable bonds is 2. The summed E-state index contributed by atoms with van der Waals surface area (Å²) in [6.45, 7) is 8.87.